The topological polar surface area (TPSA) is 58.1 Å². The van der Waals surface area contributed by atoms with E-state index in [1.54, 1.807) is 7.05 Å². The summed E-state index contributed by atoms with van der Waals surface area (Å²) in [5, 5.41) is 6.83. The molecule has 0 bridgehead atoms. The number of aryl methyl sites for hydroxylation is 1. The number of nitrogens with zero attached hydrogens (tertiary/aromatic N) is 2. The predicted molar refractivity (Wildman–Crippen MR) is 114 cm³/mol. The van der Waals surface area contributed by atoms with Crippen molar-refractivity contribution in [1.29, 1.82) is 0 Å². The van der Waals surface area contributed by atoms with E-state index in [-0.39, 0.29) is 12.2 Å². The molecule has 6 heteroatoms. The summed E-state index contributed by atoms with van der Waals surface area (Å²) < 4.78 is 12.1. The number of benzene rings is 1. The van der Waals surface area contributed by atoms with Crippen LogP contribution >= 0.6 is 0 Å². The smallest absolute Gasteiger partial charge is 0.191 e. The molecule has 1 aromatic rings. The van der Waals surface area contributed by atoms with Gasteiger partial charge in [0.15, 0.2) is 5.96 Å². The number of hydrogen-bond acceptors (Lipinski definition) is 4. The Bertz CT molecular complexity index is 664. The number of nitrogens with one attached hydrogen (secondary N) is 2. The lowest BCUT2D eigenvalue weighted by atomic mass is 10.1. The van der Waals surface area contributed by atoms with Gasteiger partial charge in [0.25, 0.3) is 0 Å². The van der Waals surface area contributed by atoms with Crippen molar-refractivity contribution in [2.45, 2.75) is 64.8 Å². The van der Waals surface area contributed by atoms with Gasteiger partial charge in [0.2, 0.25) is 0 Å². The Morgan fingerprint density at radius 2 is 2.25 bits per heavy atom. The molecule has 0 aliphatic carbocycles. The summed E-state index contributed by atoms with van der Waals surface area (Å²) in [6.45, 7) is 10.9. The van der Waals surface area contributed by atoms with Gasteiger partial charge in [-0.25, -0.2) is 0 Å². The van der Waals surface area contributed by atoms with Gasteiger partial charge in [0.1, 0.15) is 5.75 Å². The average Bonchev–Trinajstić information content (AvgIpc) is 3.17. The monoisotopic (exact) mass is 388 g/mol. The van der Waals surface area contributed by atoms with Crippen LogP contribution in [0.4, 0.5) is 0 Å². The molecule has 2 saturated heterocycles. The molecule has 156 valence electrons. The number of ether oxygens (including phenoxy) is 2. The molecule has 3 unspecified atom stereocenters. The average molecular weight is 389 g/mol. The fourth-order valence-electron chi connectivity index (χ4n) is 3.84. The lowest BCUT2D eigenvalue weighted by Crippen LogP contribution is -2.51. The second-order valence-electron chi connectivity index (χ2n) is 8.00. The third-order valence-electron chi connectivity index (χ3n) is 5.75. The second-order valence-corrected chi connectivity index (χ2v) is 8.00. The van der Waals surface area contributed by atoms with Gasteiger partial charge in [-0.15, -0.1) is 0 Å². The third kappa shape index (κ3) is 5.61. The Kier molecular flexibility index (Phi) is 7.57. The maximum absolute atomic E-state index is 6.11. The summed E-state index contributed by atoms with van der Waals surface area (Å²) in [4.78, 5) is 6.93. The Morgan fingerprint density at radius 1 is 1.39 bits per heavy atom. The zero-order valence-electron chi connectivity index (χ0n) is 17.8. The predicted octanol–water partition coefficient (Wildman–Crippen LogP) is 2.70. The first-order valence-corrected chi connectivity index (χ1v) is 10.7. The van der Waals surface area contributed by atoms with Crippen molar-refractivity contribution in [3.05, 3.63) is 29.3 Å². The first kappa shape index (κ1) is 20.9. The Labute approximate surface area is 169 Å². The molecule has 0 saturated carbocycles. The number of guanidine groups is 1. The number of aliphatic imine (C=N–C) groups is 1. The van der Waals surface area contributed by atoms with Gasteiger partial charge in [0.05, 0.1) is 18.8 Å². The molecule has 2 aliphatic heterocycles. The van der Waals surface area contributed by atoms with E-state index >= 15 is 0 Å². The summed E-state index contributed by atoms with van der Waals surface area (Å²) >= 11 is 0. The fourth-order valence-corrected chi connectivity index (χ4v) is 3.84. The van der Waals surface area contributed by atoms with Gasteiger partial charge < -0.3 is 20.1 Å². The van der Waals surface area contributed by atoms with Crippen LogP contribution in [0, 0.1) is 6.92 Å². The zero-order chi connectivity index (χ0) is 19.9. The molecule has 2 fully saturated rings. The van der Waals surface area contributed by atoms with Crippen molar-refractivity contribution in [2.24, 2.45) is 4.99 Å². The van der Waals surface area contributed by atoms with Crippen LogP contribution < -0.4 is 15.4 Å². The number of fused-ring (bicyclic) bond motifs is 1. The highest BCUT2D eigenvalue weighted by Gasteiger charge is 2.32. The van der Waals surface area contributed by atoms with Crippen LogP contribution in [0.5, 0.6) is 5.75 Å². The highest BCUT2D eigenvalue weighted by molar-refractivity contribution is 5.79. The zero-order valence-corrected chi connectivity index (χ0v) is 17.8. The van der Waals surface area contributed by atoms with E-state index in [0.717, 1.165) is 43.4 Å². The van der Waals surface area contributed by atoms with Crippen LogP contribution in [0.3, 0.4) is 0 Å². The molecule has 0 aromatic heterocycles. The van der Waals surface area contributed by atoms with E-state index in [4.69, 9.17) is 9.47 Å². The standard InChI is InChI=1S/C22H36N4O2/c1-5-17(3)28-21-11-16(2)8-9-18(21)12-24-22(23-4)25-13-20-14-26-10-6-7-19(26)15-27-20/h8-9,11,17,19-20H,5-7,10,12-15H2,1-4H3,(H2,23,24,25). The normalized spacial score (nSPS) is 23.9. The SMILES string of the molecule is CCC(C)Oc1cc(C)ccc1CNC(=NC)NCC1CN2CCCC2CO1. The summed E-state index contributed by atoms with van der Waals surface area (Å²) in [5.74, 6) is 1.75. The van der Waals surface area contributed by atoms with Crippen LogP contribution in [-0.4, -0.2) is 62.4 Å². The van der Waals surface area contributed by atoms with Gasteiger partial charge in [-0.05, 0) is 51.3 Å². The molecule has 2 aliphatic rings. The number of hydrogen-bond donors (Lipinski definition) is 2. The minimum atomic E-state index is 0.204. The van der Waals surface area contributed by atoms with Crippen LogP contribution in [0.15, 0.2) is 23.2 Å². The lowest BCUT2D eigenvalue weighted by Gasteiger charge is -2.35. The van der Waals surface area contributed by atoms with Crippen molar-refractivity contribution >= 4 is 5.96 Å². The molecule has 3 atom stereocenters. The molecule has 2 N–H and O–H groups in total. The first-order valence-electron chi connectivity index (χ1n) is 10.7. The van der Waals surface area contributed by atoms with Crippen molar-refractivity contribution in [3.63, 3.8) is 0 Å². The maximum atomic E-state index is 6.11. The van der Waals surface area contributed by atoms with Crippen LogP contribution in [0.1, 0.15) is 44.2 Å². The molecular weight excluding hydrogens is 352 g/mol. The van der Waals surface area contributed by atoms with Crippen molar-refractivity contribution in [3.8, 4) is 5.75 Å². The molecule has 3 rings (SSSR count). The highest BCUT2D eigenvalue weighted by atomic mass is 16.5. The molecular formula is C22H36N4O2. The fraction of sp³-hybridized carbons (Fsp3) is 0.682. The van der Waals surface area contributed by atoms with Gasteiger partial charge in [-0.2, -0.15) is 0 Å². The largest absolute Gasteiger partial charge is 0.490 e. The van der Waals surface area contributed by atoms with E-state index in [9.17, 15) is 0 Å². The minimum Gasteiger partial charge on any atom is -0.490 e. The van der Waals surface area contributed by atoms with Crippen LogP contribution in [-0.2, 0) is 11.3 Å². The first-order chi connectivity index (χ1) is 13.6. The third-order valence-corrected chi connectivity index (χ3v) is 5.75. The van der Waals surface area contributed by atoms with Gasteiger partial charge in [-0.3, -0.25) is 9.89 Å². The molecule has 1 aromatic carbocycles. The summed E-state index contributed by atoms with van der Waals surface area (Å²) in [6, 6.07) is 7.00. The second kappa shape index (κ2) is 10.1. The van der Waals surface area contributed by atoms with E-state index in [1.807, 2.05) is 0 Å². The molecule has 2 heterocycles. The quantitative estimate of drug-likeness (QED) is 0.556. The van der Waals surface area contributed by atoms with Gasteiger partial charge in [0, 0.05) is 38.3 Å². The van der Waals surface area contributed by atoms with Crippen LogP contribution in [0.25, 0.3) is 0 Å². The summed E-state index contributed by atoms with van der Waals surface area (Å²) in [7, 11) is 1.80. The Balaban J connectivity index is 1.50. The number of rotatable bonds is 7. The van der Waals surface area contributed by atoms with E-state index in [2.05, 4.69) is 59.5 Å². The van der Waals surface area contributed by atoms with Crippen molar-refractivity contribution < 1.29 is 9.47 Å². The van der Waals surface area contributed by atoms with Gasteiger partial charge in [-0.1, -0.05) is 19.1 Å². The molecule has 0 amide bonds. The van der Waals surface area contributed by atoms with E-state index in [0.29, 0.717) is 12.6 Å². The Hall–Kier alpha value is -1.79. The highest BCUT2D eigenvalue weighted by Crippen LogP contribution is 2.23. The molecule has 6 nitrogen and oxygen atoms in total. The van der Waals surface area contributed by atoms with Gasteiger partial charge >= 0.3 is 0 Å². The minimum absolute atomic E-state index is 0.204. The van der Waals surface area contributed by atoms with E-state index in [1.165, 1.54) is 24.9 Å². The van der Waals surface area contributed by atoms with Crippen molar-refractivity contribution in [1.82, 2.24) is 15.5 Å². The van der Waals surface area contributed by atoms with Crippen LogP contribution in [0.2, 0.25) is 0 Å². The lowest BCUT2D eigenvalue weighted by molar-refractivity contribution is -0.0453. The summed E-state index contributed by atoms with van der Waals surface area (Å²) in [6.07, 6.45) is 3.99. The molecule has 28 heavy (non-hydrogen) atoms. The summed E-state index contributed by atoms with van der Waals surface area (Å²) in [5.41, 5.74) is 2.35. The number of morpholine rings is 1. The molecule has 0 radical (unpaired) electrons. The van der Waals surface area contributed by atoms with Crippen molar-refractivity contribution in [2.75, 3.05) is 33.3 Å². The maximum Gasteiger partial charge on any atom is 0.191 e. The van der Waals surface area contributed by atoms with E-state index < -0.39 is 0 Å². The molecule has 0 spiro atoms. The Morgan fingerprint density at radius 3 is 3.04 bits per heavy atom.